The number of hydroxylamine groups is 1. The van der Waals surface area contributed by atoms with E-state index in [2.05, 4.69) is 12.2 Å². The Morgan fingerprint density at radius 3 is 2.00 bits per heavy atom. The summed E-state index contributed by atoms with van der Waals surface area (Å²) < 4.78 is 4.86. The lowest BCUT2D eigenvalue weighted by atomic mass is 10.1. The van der Waals surface area contributed by atoms with Crippen molar-refractivity contribution in [3.05, 3.63) is 65.2 Å². The van der Waals surface area contributed by atoms with Crippen molar-refractivity contribution in [1.29, 1.82) is 0 Å². The van der Waals surface area contributed by atoms with Gasteiger partial charge in [0.25, 0.3) is 5.91 Å². The predicted octanol–water partition coefficient (Wildman–Crippen LogP) is 6.61. The Morgan fingerprint density at radius 2 is 1.41 bits per heavy atom. The predicted molar refractivity (Wildman–Crippen MR) is 146 cm³/mol. The van der Waals surface area contributed by atoms with E-state index in [1.54, 1.807) is 48.5 Å². The molecule has 1 amide bonds. The minimum absolute atomic E-state index is 0.127. The van der Waals surface area contributed by atoms with Gasteiger partial charge in [-0.2, -0.15) is 0 Å². The minimum atomic E-state index is -0.492. The fraction of sp³-hybridized carbons (Fsp3) is 0.500. The van der Waals surface area contributed by atoms with Crippen LogP contribution in [0.1, 0.15) is 104 Å². The van der Waals surface area contributed by atoms with E-state index < -0.39 is 11.9 Å². The van der Waals surface area contributed by atoms with Gasteiger partial charge in [0.2, 0.25) is 0 Å². The molecular formula is C30H42N2O5. The lowest BCUT2D eigenvalue weighted by Crippen LogP contribution is -2.27. The topological polar surface area (TPSA) is 84.9 Å². The highest BCUT2D eigenvalue weighted by atomic mass is 16.7. The lowest BCUT2D eigenvalue weighted by molar-refractivity contribution is -0.142. The molecule has 2 rings (SSSR count). The second-order valence-corrected chi connectivity index (χ2v) is 9.25. The van der Waals surface area contributed by atoms with Gasteiger partial charge in [-0.25, -0.2) is 9.86 Å². The molecule has 0 saturated heterocycles. The van der Waals surface area contributed by atoms with Gasteiger partial charge in [0.1, 0.15) is 0 Å². The zero-order valence-electron chi connectivity index (χ0n) is 22.6. The molecule has 7 heteroatoms. The first-order valence-corrected chi connectivity index (χ1v) is 13.5. The second-order valence-electron chi connectivity index (χ2n) is 9.25. The molecule has 0 atom stereocenters. The number of amides is 1. The Bertz CT molecular complexity index is 974. The lowest BCUT2D eigenvalue weighted by Gasteiger charge is -2.23. The Morgan fingerprint density at radius 1 is 0.811 bits per heavy atom. The van der Waals surface area contributed by atoms with Crippen LogP contribution in [0.5, 0.6) is 0 Å². The van der Waals surface area contributed by atoms with Crippen molar-refractivity contribution in [3.63, 3.8) is 0 Å². The molecule has 37 heavy (non-hydrogen) atoms. The second kappa shape index (κ2) is 17.2. The highest BCUT2D eigenvalue weighted by Crippen LogP contribution is 2.21. The molecule has 0 aliphatic carbocycles. The van der Waals surface area contributed by atoms with Gasteiger partial charge in [0.05, 0.1) is 24.9 Å². The molecule has 7 nitrogen and oxygen atoms in total. The van der Waals surface area contributed by atoms with Gasteiger partial charge in [-0.15, -0.1) is 0 Å². The highest BCUT2D eigenvalue weighted by Gasteiger charge is 2.17. The molecule has 0 saturated carbocycles. The fourth-order valence-electron chi connectivity index (χ4n) is 4.15. The van der Waals surface area contributed by atoms with Gasteiger partial charge in [-0.3, -0.25) is 9.59 Å². The van der Waals surface area contributed by atoms with Crippen LogP contribution in [0.25, 0.3) is 0 Å². The van der Waals surface area contributed by atoms with Gasteiger partial charge in [-0.05, 0) is 42.3 Å². The molecule has 2 aromatic rings. The van der Waals surface area contributed by atoms with Crippen LogP contribution in [0, 0.1) is 0 Å². The normalized spacial score (nSPS) is 10.6. The largest absolute Gasteiger partial charge is 0.465 e. The molecule has 0 aliphatic heterocycles. The molecule has 0 radical (unpaired) electrons. The number of nitrogens with zero attached hydrogens (tertiary/aromatic N) is 1. The molecule has 0 aromatic heterocycles. The number of ether oxygens (including phenoxy) is 1. The van der Waals surface area contributed by atoms with E-state index in [0.29, 0.717) is 28.9 Å². The molecular weight excluding hydrogens is 468 g/mol. The molecule has 2 aromatic carbocycles. The maximum Gasteiger partial charge on any atom is 0.338 e. The third-order valence-corrected chi connectivity index (χ3v) is 6.21. The summed E-state index contributed by atoms with van der Waals surface area (Å²) in [4.78, 5) is 41.8. The highest BCUT2D eigenvalue weighted by molar-refractivity contribution is 5.94. The third-order valence-electron chi connectivity index (χ3n) is 6.21. The van der Waals surface area contributed by atoms with E-state index in [4.69, 9.17) is 9.57 Å². The summed E-state index contributed by atoms with van der Waals surface area (Å²) >= 11 is 0. The summed E-state index contributed by atoms with van der Waals surface area (Å²) in [6, 6.07) is 13.8. The van der Waals surface area contributed by atoms with E-state index in [-0.39, 0.29) is 12.5 Å². The minimum Gasteiger partial charge on any atom is -0.465 e. The number of esters is 1. The molecule has 0 spiro atoms. The van der Waals surface area contributed by atoms with Gasteiger partial charge in [-0.1, -0.05) is 82.9 Å². The summed E-state index contributed by atoms with van der Waals surface area (Å²) in [5.74, 6) is -1.08. The van der Waals surface area contributed by atoms with Crippen LogP contribution in [0.2, 0.25) is 0 Å². The van der Waals surface area contributed by atoms with Crippen LogP contribution in [0.15, 0.2) is 48.5 Å². The summed E-state index contributed by atoms with van der Waals surface area (Å²) in [6.45, 7) is 4.36. The van der Waals surface area contributed by atoms with Crippen LogP contribution in [-0.2, 0) is 20.9 Å². The Hall–Kier alpha value is -3.35. The first-order valence-electron chi connectivity index (χ1n) is 13.5. The van der Waals surface area contributed by atoms with Gasteiger partial charge in [0.15, 0.2) is 0 Å². The molecule has 0 heterocycles. The maximum absolute atomic E-state index is 12.5. The Kier molecular flexibility index (Phi) is 13.9. The van der Waals surface area contributed by atoms with Gasteiger partial charge >= 0.3 is 11.9 Å². The van der Waals surface area contributed by atoms with Crippen molar-refractivity contribution in [2.45, 2.75) is 84.6 Å². The first-order chi connectivity index (χ1) is 18.0. The molecule has 0 fully saturated rings. The van der Waals surface area contributed by atoms with E-state index >= 15 is 0 Å². The zero-order chi connectivity index (χ0) is 26.9. The van der Waals surface area contributed by atoms with Crippen LogP contribution in [0.4, 0.5) is 5.69 Å². The number of rotatable bonds is 17. The van der Waals surface area contributed by atoms with Crippen LogP contribution in [-0.4, -0.2) is 31.5 Å². The average molecular weight is 511 g/mol. The van der Waals surface area contributed by atoms with E-state index in [9.17, 15) is 14.4 Å². The monoisotopic (exact) mass is 510 g/mol. The van der Waals surface area contributed by atoms with E-state index in [0.717, 1.165) is 12.8 Å². The number of hydrogen-bond acceptors (Lipinski definition) is 6. The Labute approximate surface area is 221 Å². The van der Waals surface area contributed by atoms with Crippen LogP contribution >= 0.6 is 0 Å². The van der Waals surface area contributed by atoms with Crippen molar-refractivity contribution in [2.75, 3.05) is 18.7 Å². The number of anilines is 1. The van der Waals surface area contributed by atoms with Gasteiger partial charge in [0, 0.05) is 19.0 Å². The SMILES string of the molecule is CCCCCCCCCCCCNC(=O)c1ccc(N(Cc2ccccc2C(=O)OC)OC(C)=O)cc1. The number of nitrogens with one attached hydrogen (secondary N) is 1. The number of carbonyl (C=O) groups excluding carboxylic acids is 3. The number of benzene rings is 2. The van der Waals surface area contributed by atoms with Crippen LogP contribution < -0.4 is 10.4 Å². The fourth-order valence-corrected chi connectivity index (χ4v) is 4.15. The van der Waals surface area contributed by atoms with Gasteiger partial charge < -0.3 is 14.9 Å². The summed E-state index contributed by atoms with van der Waals surface area (Å²) in [5.41, 5.74) is 2.16. The van der Waals surface area contributed by atoms with E-state index in [1.807, 2.05) is 0 Å². The smallest absolute Gasteiger partial charge is 0.338 e. The van der Waals surface area contributed by atoms with Crippen molar-refractivity contribution < 1.29 is 24.0 Å². The number of unbranched alkanes of at least 4 members (excludes halogenated alkanes) is 9. The van der Waals surface area contributed by atoms with Crippen molar-refractivity contribution in [1.82, 2.24) is 5.32 Å². The zero-order valence-corrected chi connectivity index (χ0v) is 22.6. The first kappa shape index (κ1) is 29.9. The van der Waals surface area contributed by atoms with E-state index in [1.165, 1.54) is 70.5 Å². The summed E-state index contributed by atoms with van der Waals surface area (Å²) in [5, 5.41) is 4.38. The average Bonchev–Trinajstić information content (AvgIpc) is 2.91. The quantitative estimate of drug-likeness (QED) is 0.146. The van der Waals surface area contributed by atoms with Crippen LogP contribution in [0.3, 0.4) is 0 Å². The summed E-state index contributed by atoms with van der Waals surface area (Å²) in [6.07, 6.45) is 12.6. The van der Waals surface area contributed by atoms with Crippen molar-refractivity contribution >= 4 is 23.5 Å². The standard InChI is InChI=1S/C30H42N2O5/c1-4-5-6-7-8-9-10-11-12-15-22-31-29(34)25-18-20-27(21-19-25)32(37-24(2)33)23-26-16-13-14-17-28(26)30(35)36-3/h13-14,16-21H,4-12,15,22-23H2,1-3H3,(H,31,34). The maximum atomic E-state index is 12.5. The van der Waals surface area contributed by atoms with Crippen molar-refractivity contribution in [3.8, 4) is 0 Å². The number of methoxy groups -OCH3 is 1. The molecule has 0 aliphatic rings. The number of hydrogen-bond donors (Lipinski definition) is 1. The Balaban J connectivity index is 1.84. The molecule has 202 valence electrons. The van der Waals surface area contributed by atoms with Crippen molar-refractivity contribution in [2.24, 2.45) is 0 Å². The number of carbonyl (C=O) groups is 3. The third kappa shape index (κ3) is 11.1. The molecule has 0 unspecified atom stereocenters. The molecule has 0 bridgehead atoms. The summed E-state index contributed by atoms with van der Waals surface area (Å²) in [7, 11) is 1.32. The molecule has 1 N–H and O–H groups in total.